The van der Waals surface area contributed by atoms with Crippen molar-refractivity contribution < 1.29 is 52.5 Å². The number of carbonyl (C=O) groups excluding carboxylic acids is 6. The Balaban J connectivity index is 0.896. The molecule has 65 heavy (non-hydrogen) atoms. The van der Waals surface area contributed by atoms with E-state index in [1.807, 2.05) is 53.9 Å². The molecule has 0 bridgehead atoms. The Bertz CT molecular complexity index is 2510. The predicted octanol–water partition coefficient (Wildman–Crippen LogP) is 9.63. The number of hydrogen-bond acceptors (Lipinski definition) is 13. The third-order valence-electron chi connectivity index (χ3n) is 11.8. The van der Waals surface area contributed by atoms with Gasteiger partial charge in [0, 0.05) is 30.7 Å². The van der Waals surface area contributed by atoms with E-state index in [2.05, 4.69) is 13.2 Å². The molecule has 13 heteroatoms. The van der Waals surface area contributed by atoms with Gasteiger partial charge in [-0.05, 0) is 135 Å². The maximum absolute atomic E-state index is 13.6. The predicted molar refractivity (Wildman–Crippen MR) is 244 cm³/mol. The standard InChI is InChI=1S/C52H51NO11S/c1-3-38(54)32-35-9-7-33(8-10-35)13-29-48(56)61-40-21-15-36(16-22-40)51(58)63-44-27-28-45(50-42(44)25-26-43(53-50)46-6-5-31-65-46)64-52(59)37-17-23-41(24-18-37)62-49(57)30-14-34-11-19-39(20-12-34)60-47(55)4-2/h3-12,19-20,25-28,31,36-37,40-41H,1-2,13-18,21-24,29-30,32H2/t36-,37-,40-,41-. The van der Waals surface area contributed by atoms with Crippen molar-refractivity contribution in [1.82, 2.24) is 4.98 Å². The first kappa shape index (κ1) is 46.3. The molecule has 0 aliphatic heterocycles. The van der Waals surface area contributed by atoms with Crippen LogP contribution < -0.4 is 14.2 Å². The molecule has 0 saturated heterocycles. The fourth-order valence-corrected chi connectivity index (χ4v) is 8.77. The molecule has 7 rings (SSSR count). The lowest BCUT2D eigenvalue weighted by atomic mass is 9.87. The lowest BCUT2D eigenvalue weighted by Crippen LogP contribution is -2.30. The van der Waals surface area contributed by atoms with Gasteiger partial charge in [-0.2, -0.15) is 0 Å². The van der Waals surface area contributed by atoms with Crippen LogP contribution in [-0.2, 0) is 57.5 Å². The van der Waals surface area contributed by atoms with Crippen LogP contribution in [0.1, 0.15) is 80.9 Å². The summed E-state index contributed by atoms with van der Waals surface area (Å²) < 4.78 is 28.6. The molecule has 2 aromatic heterocycles. The largest absolute Gasteiger partial charge is 0.462 e. The van der Waals surface area contributed by atoms with E-state index in [0.717, 1.165) is 27.6 Å². The number of ether oxygens (including phenoxy) is 5. The molecule has 0 N–H and O–H groups in total. The van der Waals surface area contributed by atoms with Crippen molar-refractivity contribution in [2.75, 3.05) is 0 Å². The maximum Gasteiger partial charge on any atom is 0.335 e. The fraction of sp³-hybridized carbons (Fsp3) is 0.327. The van der Waals surface area contributed by atoms with Gasteiger partial charge in [0.1, 0.15) is 29.2 Å². The number of thiophene rings is 1. The van der Waals surface area contributed by atoms with E-state index in [1.54, 1.807) is 36.4 Å². The maximum atomic E-state index is 13.6. The number of esters is 5. The van der Waals surface area contributed by atoms with Crippen LogP contribution in [0.15, 0.2) is 116 Å². The molecule has 0 radical (unpaired) electrons. The number of allylic oxidation sites excluding steroid dienone is 1. The van der Waals surface area contributed by atoms with Gasteiger partial charge in [0.2, 0.25) is 0 Å². The number of nitrogens with zero attached hydrogens (tertiary/aromatic N) is 1. The van der Waals surface area contributed by atoms with Crippen LogP contribution in [0.25, 0.3) is 21.5 Å². The van der Waals surface area contributed by atoms with Crippen LogP contribution in [0.2, 0.25) is 0 Å². The fourth-order valence-electron chi connectivity index (χ4n) is 8.08. The SMILES string of the molecule is C=CC(=O)Cc1ccc(CCC(=O)O[C@H]2CC[C@H](C(=O)Oc3ccc(OC(=O)[C@H]4CC[C@H](OC(=O)CCc5ccc(OC(=O)C=C)cc5)CC4)c4nc(-c5cccs5)ccc34)CC2)cc1. The summed E-state index contributed by atoms with van der Waals surface area (Å²) in [7, 11) is 0. The van der Waals surface area contributed by atoms with Crippen molar-refractivity contribution >= 4 is 57.9 Å². The van der Waals surface area contributed by atoms with E-state index in [-0.39, 0.29) is 60.4 Å². The number of carbonyl (C=O) groups is 6. The molecule has 0 spiro atoms. The van der Waals surface area contributed by atoms with Crippen molar-refractivity contribution in [3.05, 3.63) is 132 Å². The lowest BCUT2D eigenvalue weighted by molar-refractivity contribution is -0.153. The number of rotatable bonds is 18. The number of hydrogen-bond donors (Lipinski definition) is 0. The molecule has 336 valence electrons. The van der Waals surface area contributed by atoms with Crippen molar-refractivity contribution in [2.24, 2.45) is 11.8 Å². The second-order valence-corrected chi connectivity index (χ2v) is 17.3. The summed E-state index contributed by atoms with van der Waals surface area (Å²) >= 11 is 1.53. The van der Waals surface area contributed by atoms with E-state index in [0.29, 0.717) is 98.7 Å². The van der Waals surface area contributed by atoms with Gasteiger partial charge in [-0.25, -0.2) is 9.78 Å². The Labute approximate surface area is 381 Å². The van der Waals surface area contributed by atoms with E-state index >= 15 is 0 Å². The molecule has 3 aromatic carbocycles. The van der Waals surface area contributed by atoms with E-state index in [9.17, 15) is 28.8 Å². The smallest absolute Gasteiger partial charge is 0.335 e. The molecule has 2 aliphatic carbocycles. The normalized spacial score (nSPS) is 18.2. The summed E-state index contributed by atoms with van der Waals surface area (Å²) in [4.78, 5) is 81.4. The highest BCUT2D eigenvalue weighted by molar-refractivity contribution is 7.13. The topological polar surface area (TPSA) is 161 Å². The van der Waals surface area contributed by atoms with Gasteiger partial charge in [-0.15, -0.1) is 11.3 Å². The second kappa shape index (κ2) is 22.3. The Hall–Kier alpha value is -6.73. The highest BCUT2D eigenvalue weighted by Crippen LogP contribution is 2.38. The number of ketones is 1. The third kappa shape index (κ3) is 12.9. The highest BCUT2D eigenvalue weighted by Gasteiger charge is 2.32. The van der Waals surface area contributed by atoms with Crippen LogP contribution in [0.3, 0.4) is 0 Å². The van der Waals surface area contributed by atoms with Gasteiger partial charge in [0.15, 0.2) is 11.5 Å². The molecule has 5 aromatic rings. The summed E-state index contributed by atoms with van der Waals surface area (Å²) in [6.45, 7) is 6.89. The minimum Gasteiger partial charge on any atom is -0.462 e. The zero-order valence-electron chi connectivity index (χ0n) is 36.1. The van der Waals surface area contributed by atoms with Gasteiger partial charge in [-0.1, -0.05) is 55.6 Å². The van der Waals surface area contributed by atoms with Gasteiger partial charge in [0.25, 0.3) is 0 Å². The van der Waals surface area contributed by atoms with E-state index in [4.69, 9.17) is 28.7 Å². The zero-order chi connectivity index (χ0) is 45.7. The molecule has 0 amide bonds. The number of aromatic nitrogens is 1. The molecule has 12 nitrogen and oxygen atoms in total. The second-order valence-electron chi connectivity index (χ2n) is 16.3. The molecular formula is C52H51NO11S. The van der Waals surface area contributed by atoms with E-state index in [1.165, 1.54) is 17.4 Å². The van der Waals surface area contributed by atoms with Crippen molar-refractivity contribution in [3.8, 4) is 27.8 Å². The number of fused-ring (bicyclic) bond motifs is 1. The molecule has 2 heterocycles. The lowest BCUT2D eigenvalue weighted by Gasteiger charge is -2.27. The molecule has 0 unspecified atom stereocenters. The van der Waals surface area contributed by atoms with E-state index < -0.39 is 17.9 Å². The first-order valence-corrected chi connectivity index (χ1v) is 22.9. The minimum atomic E-state index is -0.546. The Morgan fingerprint density at radius 3 is 1.68 bits per heavy atom. The van der Waals surface area contributed by atoms with Crippen LogP contribution in [0.4, 0.5) is 0 Å². The molecule has 2 saturated carbocycles. The van der Waals surface area contributed by atoms with Crippen molar-refractivity contribution in [3.63, 3.8) is 0 Å². The van der Waals surface area contributed by atoms with Gasteiger partial charge < -0.3 is 23.7 Å². The highest BCUT2D eigenvalue weighted by atomic mass is 32.1. The average molecular weight is 898 g/mol. The van der Waals surface area contributed by atoms with Crippen molar-refractivity contribution in [2.45, 2.75) is 95.7 Å². The van der Waals surface area contributed by atoms with Crippen LogP contribution in [0.5, 0.6) is 17.2 Å². The quantitative estimate of drug-likeness (QED) is 0.0466. The third-order valence-corrected chi connectivity index (χ3v) is 12.7. The Morgan fingerprint density at radius 2 is 1.14 bits per heavy atom. The van der Waals surface area contributed by atoms with Crippen LogP contribution in [-0.4, -0.2) is 52.8 Å². The summed E-state index contributed by atoms with van der Waals surface area (Å²) in [6, 6.07) is 25.3. The molecular weight excluding hydrogens is 847 g/mol. The number of pyridine rings is 1. The Morgan fingerprint density at radius 1 is 0.600 bits per heavy atom. The first-order valence-electron chi connectivity index (χ1n) is 22.0. The first-order chi connectivity index (χ1) is 31.5. The monoisotopic (exact) mass is 897 g/mol. The molecule has 0 atom stereocenters. The average Bonchev–Trinajstić information content (AvgIpc) is 3.88. The van der Waals surface area contributed by atoms with Crippen molar-refractivity contribution in [1.29, 1.82) is 0 Å². The van der Waals surface area contributed by atoms with Gasteiger partial charge in [-0.3, -0.25) is 24.0 Å². The number of aryl methyl sites for hydroxylation is 2. The summed E-state index contributed by atoms with van der Waals surface area (Å²) in [5.41, 5.74) is 3.84. The summed E-state index contributed by atoms with van der Waals surface area (Å²) in [5, 5.41) is 2.47. The van der Waals surface area contributed by atoms with Crippen LogP contribution in [0, 0.1) is 11.8 Å². The summed E-state index contributed by atoms with van der Waals surface area (Å²) in [5.74, 6) is -1.84. The molecule has 2 fully saturated rings. The van der Waals surface area contributed by atoms with Gasteiger partial charge >= 0.3 is 29.8 Å². The minimum absolute atomic E-state index is 0.0472. The molecule has 2 aliphatic rings. The van der Waals surface area contributed by atoms with Gasteiger partial charge in [0.05, 0.1) is 22.4 Å². The zero-order valence-corrected chi connectivity index (χ0v) is 36.9. The Kier molecular flexibility index (Phi) is 15.8. The summed E-state index contributed by atoms with van der Waals surface area (Å²) in [6.07, 6.45) is 7.61. The number of benzene rings is 3. The van der Waals surface area contributed by atoms with Crippen LogP contribution >= 0.6 is 11.3 Å².